The van der Waals surface area contributed by atoms with Gasteiger partial charge in [-0.15, -0.1) is 0 Å². The van der Waals surface area contributed by atoms with Crippen LogP contribution in [0.3, 0.4) is 0 Å². The second kappa shape index (κ2) is 9.23. The fourth-order valence-electron chi connectivity index (χ4n) is 3.63. The molecule has 1 N–H and O–H groups in total. The normalized spacial score (nSPS) is 14.2. The van der Waals surface area contributed by atoms with Crippen molar-refractivity contribution in [2.45, 2.75) is 40.0 Å². The zero-order chi connectivity index (χ0) is 21.0. The Bertz CT molecular complexity index is 946. The van der Waals surface area contributed by atoms with E-state index in [-0.39, 0.29) is 12.2 Å². The van der Waals surface area contributed by atoms with E-state index in [1.54, 1.807) is 6.92 Å². The number of carboxylic acid groups (broad SMARTS) is 1. The summed E-state index contributed by atoms with van der Waals surface area (Å²) in [6.07, 6.45) is 1.40. The lowest BCUT2D eigenvalue weighted by molar-refractivity contribution is -0.136. The van der Waals surface area contributed by atoms with Crippen molar-refractivity contribution in [1.29, 1.82) is 0 Å². The van der Waals surface area contributed by atoms with Crippen LogP contribution in [0.2, 0.25) is 0 Å². The molecule has 0 aromatic heterocycles. The van der Waals surface area contributed by atoms with Crippen LogP contribution < -0.4 is 4.74 Å². The van der Waals surface area contributed by atoms with E-state index in [9.17, 15) is 9.18 Å². The molecule has 0 unspecified atom stereocenters. The summed E-state index contributed by atoms with van der Waals surface area (Å²) in [6, 6.07) is 9.05. The Labute approximate surface area is 171 Å². The number of hydrogen-bond acceptors (Lipinski definition) is 3. The number of aliphatic carboxylic acids is 1. The number of ether oxygens (including phenoxy) is 2. The first-order chi connectivity index (χ1) is 13.9. The maximum absolute atomic E-state index is 13.6. The molecule has 1 aliphatic rings. The fourth-order valence-corrected chi connectivity index (χ4v) is 3.63. The van der Waals surface area contributed by atoms with Crippen molar-refractivity contribution in [3.05, 3.63) is 69.5 Å². The van der Waals surface area contributed by atoms with Crippen molar-refractivity contribution in [3.63, 3.8) is 0 Å². The van der Waals surface area contributed by atoms with Gasteiger partial charge in [0.1, 0.15) is 18.2 Å². The van der Waals surface area contributed by atoms with E-state index < -0.39 is 5.97 Å². The third kappa shape index (κ3) is 5.04. The van der Waals surface area contributed by atoms with Crippen LogP contribution in [0.5, 0.6) is 5.75 Å². The molecule has 0 fully saturated rings. The van der Waals surface area contributed by atoms with E-state index >= 15 is 0 Å². The molecule has 0 atom stereocenters. The van der Waals surface area contributed by atoms with Crippen LogP contribution in [0.25, 0.3) is 5.57 Å². The molecule has 154 valence electrons. The first-order valence-corrected chi connectivity index (χ1v) is 9.85. The van der Waals surface area contributed by atoms with Gasteiger partial charge in [0, 0.05) is 6.42 Å². The molecular formula is C24H27FO4. The van der Waals surface area contributed by atoms with Crippen LogP contribution in [-0.4, -0.2) is 30.9 Å². The van der Waals surface area contributed by atoms with Gasteiger partial charge in [0.15, 0.2) is 0 Å². The minimum atomic E-state index is -0.796. The van der Waals surface area contributed by atoms with E-state index in [0.29, 0.717) is 31.8 Å². The van der Waals surface area contributed by atoms with Gasteiger partial charge in [-0.25, -0.2) is 4.39 Å². The number of carbonyl (C=O) groups is 1. The highest BCUT2D eigenvalue weighted by Crippen LogP contribution is 2.30. The predicted octanol–water partition coefficient (Wildman–Crippen LogP) is 5.02. The van der Waals surface area contributed by atoms with E-state index in [2.05, 4.69) is 0 Å². The molecule has 0 saturated carbocycles. The summed E-state index contributed by atoms with van der Waals surface area (Å²) in [5.41, 5.74) is 6.98. The van der Waals surface area contributed by atoms with Crippen LogP contribution in [0, 0.1) is 26.6 Å². The highest BCUT2D eigenvalue weighted by Gasteiger charge is 2.17. The highest BCUT2D eigenvalue weighted by molar-refractivity contribution is 5.70. The van der Waals surface area contributed by atoms with Crippen molar-refractivity contribution in [2.75, 3.05) is 19.8 Å². The van der Waals surface area contributed by atoms with Gasteiger partial charge in [-0.3, -0.25) is 4.79 Å². The molecule has 2 aromatic carbocycles. The van der Waals surface area contributed by atoms with E-state index in [1.807, 2.05) is 38.1 Å². The number of aryl methyl sites for hydroxylation is 2. The maximum atomic E-state index is 13.6. The Morgan fingerprint density at radius 2 is 1.97 bits per heavy atom. The van der Waals surface area contributed by atoms with Crippen molar-refractivity contribution in [3.8, 4) is 5.75 Å². The topological polar surface area (TPSA) is 55.8 Å². The summed E-state index contributed by atoms with van der Waals surface area (Å²) in [5, 5.41) is 8.91. The first kappa shape index (κ1) is 21.1. The third-order valence-electron chi connectivity index (χ3n) is 5.57. The quantitative estimate of drug-likeness (QED) is 0.711. The molecule has 3 rings (SSSR count). The lowest BCUT2D eigenvalue weighted by atomic mass is 9.95. The zero-order valence-electron chi connectivity index (χ0n) is 17.2. The van der Waals surface area contributed by atoms with Crippen LogP contribution >= 0.6 is 0 Å². The summed E-state index contributed by atoms with van der Waals surface area (Å²) in [5.74, 6) is -0.210. The fraction of sp³-hybridized carbons (Fsp3) is 0.375. The minimum Gasteiger partial charge on any atom is -0.489 e. The van der Waals surface area contributed by atoms with Gasteiger partial charge in [0.25, 0.3) is 0 Å². The monoisotopic (exact) mass is 398 g/mol. The molecule has 4 nitrogen and oxygen atoms in total. The Balaban J connectivity index is 1.79. The third-order valence-corrected chi connectivity index (χ3v) is 5.57. The summed E-state index contributed by atoms with van der Waals surface area (Å²) < 4.78 is 25.4. The first-order valence-electron chi connectivity index (χ1n) is 9.85. The second-order valence-corrected chi connectivity index (χ2v) is 7.50. The average Bonchev–Trinajstić information content (AvgIpc) is 2.70. The van der Waals surface area contributed by atoms with Gasteiger partial charge in [0.05, 0.1) is 13.2 Å². The van der Waals surface area contributed by atoms with Crippen LogP contribution in [0.4, 0.5) is 4.39 Å². The van der Waals surface area contributed by atoms with Crippen molar-refractivity contribution in [1.82, 2.24) is 0 Å². The van der Waals surface area contributed by atoms with Crippen molar-refractivity contribution >= 4 is 11.5 Å². The predicted molar refractivity (Wildman–Crippen MR) is 111 cm³/mol. The lowest BCUT2D eigenvalue weighted by Crippen LogP contribution is -2.16. The molecule has 5 heteroatoms. The Morgan fingerprint density at radius 3 is 2.69 bits per heavy atom. The summed E-state index contributed by atoms with van der Waals surface area (Å²) in [6.45, 7) is 7.31. The largest absolute Gasteiger partial charge is 0.489 e. The van der Waals surface area contributed by atoms with E-state index in [1.165, 1.54) is 6.07 Å². The molecular weight excluding hydrogens is 371 g/mol. The summed E-state index contributed by atoms with van der Waals surface area (Å²) >= 11 is 0. The van der Waals surface area contributed by atoms with Crippen LogP contribution in [-0.2, 0) is 16.0 Å². The highest BCUT2D eigenvalue weighted by atomic mass is 19.1. The van der Waals surface area contributed by atoms with E-state index in [0.717, 1.165) is 45.6 Å². The summed E-state index contributed by atoms with van der Waals surface area (Å²) in [7, 11) is 0. The Hall–Kier alpha value is -2.66. The van der Waals surface area contributed by atoms with Crippen LogP contribution in [0.15, 0.2) is 35.9 Å². The second-order valence-electron chi connectivity index (χ2n) is 7.50. The minimum absolute atomic E-state index is 0.116. The number of rotatable bonds is 7. The van der Waals surface area contributed by atoms with Crippen molar-refractivity contribution in [2.24, 2.45) is 0 Å². The van der Waals surface area contributed by atoms with Gasteiger partial charge in [-0.05, 0) is 90.8 Å². The maximum Gasteiger partial charge on any atom is 0.303 e. The molecule has 0 saturated heterocycles. The average molecular weight is 398 g/mol. The zero-order valence-corrected chi connectivity index (χ0v) is 17.2. The smallest absolute Gasteiger partial charge is 0.303 e. The molecule has 29 heavy (non-hydrogen) atoms. The van der Waals surface area contributed by atoms with Gasteiger partial charge < -0.3 is 14.6 Å². The number of hydrogen-bond donors (Lipinski definition) is 1. The van der Waals surface area contributed by atoms with Crippen LogP contribution in [0.1, 0.15) is 40.7 Å². The number of carboxylic acids is 1. The number of benzene rings is 2. The molecule has 0 spiro atoms. The standard InChI is InChI=1S/C24H27FO4/c1-15-12-19(4-7-22(15)25)21-10-11-28-13-20(21)14-29-23-8-5-18(6-9-24(26)27)16(2)17(23)3/h4-5,7-8,12H,6,9-11,13-14H2,1-3H3,(H,26,27). The molecule has 0 amide bonds. The molecule has 0 aliphatic carbocycles. The van der Waals surface area contributed by atoms with Gasteiger partial charge in [-0.2, -0.15) is 0 Å². The Kier molecular flexibility index (Phi) is 6.70. The van der Waals surface area contributed by atoms with Gasteiger partial charge >= 0.3 is 5.97 Å². The molecule has 2 aromatic rings. The molecule has 1 heterocycles. The van der Waals surface area contributed by atoms with E-state index in [4.69, 9.17) is 14.6 Å². The summed E-state index contributed by atoms with van der Waals surface area (Å²) in [4.78, 5) is 10.8. The Morgan fingerprint density at radius 1 is 1.17 bits per heavy atom. The lowest BCUT2D eigenvalue weighted by Gasteiger charge is -2.23. The molecule has 1 aliphatic heterocycles. The molecule has 0 radical (unpaired) electrons. The SMILES string of the molecule is Cc1cc(C2=C(COc3ccc(CCC(=O)O)c(C)c3C)COCC2)ccc1F. The number of halogens is 1. The molecule has 0 bridgehead atoms. The van der Waals surface area contributed by atoms with Gasteiger partial charge in [-0.1, -0.05) is 12.1 Å². The van der Waals surface area contributed by atoms with Crippen molar-refractivity contribution < 1.29 is 23.8 Å². The van der Waals surface area contributed by atoms with Gasteiger partial charge in [0.2, 0.25) is 0 Å².